The molecule has 1 atom stereocenters. The van der Waals surface area contributed by atoms with Crippen LogP contribution in [0.5, 0.6) is 0 Å². The predicted molar refractivity (Wildman–Crippen MR) is 76.7 cm³/mol. The molecule has 1 fully saturated rings. The molecule has 0 amide bonds. The fourth-order valence-electron chi connectivity index (χ4n) is 2.35. The number of halogens is 4. The summed E-state index contributed by atoms with van der Waals surface area (Å²) in [5.74, 6) is 0.194. The van der Waals surface area contributed by atoms with Gasteiger partial charge in [0.1, 0.15) is 0 Å². The van der Waals surface area contributed by atoms with E-state index in [2.05, 4.69) is 15.9 Å². The number of nitrogens with zero attached hydrogens (tertiary/aromatic N) is 1. The maximum atomic E-state index is 12.7. The van der Waals surface area contributed by atoms with Crippen LogP contribution < -0.4 is 0 Å². The van der Waals surface area contributed by atoms with Crippen LogP contribution in [0, 0.1) is 5.92 Å². The van der Waals surface area contributed by atoms with Crippen molar-refractivity contribution in [2.75, 3.05) is 18.4 Å². The Labute approximate surface area is 130 Å². The van der Waals surface area contributed by atoms with Crippen molar-refractivity contribution in [3.63, 3.8) is 0 Å². The molecule has 0 spiro atoms. The summed E-state index contributed by atoms with van der Waals surface area (Å²) in [5, 5.41) is 0.682. The number of sulfonamides is 1. The average molecular weight is 386 g/mol. The van der Waals surface area contributed by atoms with Crippen LogP contribution >= 0.6 is 15.9 Å². The minimum Gasteiger partial charge on any atom is -0.207 e. The second-order valence-corrected chi connectivity index (χ2v) is 7.64. The van der Waals surface area contributed by atoms with Gasteiger partial charge in [0, 0.05) is 18.4 Å². The van der Waals surface area contributed by atoms with E-state index in [0.29, 0.717) is 30.9 Å². The minimum atomic E-state index is -4.55. The molecule has 1 saturated heterocycles. The highest BCUT2D eigenvalue weighted by atomic mass is 79.9. The van der Waals surface area contributed by atoms with Gasteiger partial charge in [-0.1, -0.05) is 22.0 Å². The molecule has 2 rings (SSSR count). The van der Waals surface area contributed by atoms with Gasteiger partial charge in [-0.05, 0) is 37.0 Å². The maximum Gasteiger partial charge on any atom is 0.416 e. The lowest BCUT2D eigenvalue weighted by Gasteiger charge is -2.31. The van der Waals surface area contributed by atoms with E-state index < -0.39 is 21.8 Å². The first-order valence-electron chi connectivity index (χ1n) is 6.48. The average Bonchev–Trinajstić information content (AvgIpc) is 2.46. The normalized spacial score (nSPS) is 21.4. The van der Waals surface area contributed by atoms with Crippen LogP contribution in [0.4, 0.5) is 13.2 Å². The zero-order valence-electron chi connectivity index (χ0n) is 11.1. The molecular formula is C13H15BrF3NO2S. The van der Waals surface area contributed by atoms with Gasteiger partial charge in [0.2, 0.25) is 10.0 Å². The molecule has 1 aliphatic heterocycles. The Hall–Kier alpha value is -0.600. The Bertz CT molecular complexity index is 604. The van der Waals surface area contributed by atoms with Crippen LogP contribution in [0.25, 0.3) is 0 Å². The molecule has 118 valence electrons. The van der Waals surface area contributed by atoms with Crippen LogP contribution in [0.15, 0.2) is 29.2 Å². The fourth-order valence-corrected chi connectivity index (χ4v) is 4.48. The van der Waals surface area contributed by atoms with Gasteiger partial charge in [-0.25, -0.2) is 8.42 Å². The molecule has 21 heavy (non-hydrogen) atoms. The van der Waals surface area contributed by atoms with Crippen LogP contribution in [-0.2, 0) is 16.2 Å². The van der Waals surface area contributed by atoms with Crippen molar-refractivity contribution >= 4 is 26.0 Å². The van der Waals surface area contributed by atoms with Crippen LogP contribution in [-0.4, -0.2) is 31.1 Å². The third-order valence-corrected chi connectivity index (χ3v) is 6.28. The van der Waals surface area contributed by atoms with Crippen molar-refractivity contribution in [1.29, 1.82) is 0 Å². The maximum absolute atomic E-state index is 12.7. The van der Waals surface area contributed by atoms with E-state index in [9.17, 15) is 21.6 Å². The van der Waals surface area contributed by atoms with E-state index in [1.807, 2.05) is 0 Å². The molecule has 0 radical (unpaired) electrons. The largest absolute Gasteiger partial charge is 0.416 e. The molecule has 1 unspecified atom stereocenters. The van der Waals surface area contributed by atoms with Crippen molar-refractivity contribution in [3.8, 4) is 0 Å². The summed E-state index contributed by atoms with van der Waals surface area (Å²) in [6.07, 6.45) is -2.92. The highest BCUT2D eigenvalue weighted by Gasteiger charge is 2.34. The van der Waals surface area contributed by atoms with Crippen molar-refractivity contribution in [2.45, 2.75) is 23.9 Å². The molecule has 3 nitrogen and oxygen atoms in total. The molecule has 8 heteroatoms. The summed E-state index contributed by atoms with van der Waals surface area (Å²) in [6, 6.07) is 3.91. The van der Waals surface area contributed by atoms with Gasteiger partial charge < -0.3 is 0 Å². The number of benzene rings is 1. The molecule has 0 aliphatic carbocycles. The second kappa shape index (κ2) is 6.26. The number of rotatable bonds is 3. The van der Waals surface area contributed by atoms with Gasteiger partial charge in [0.15, 0.2) is 0 Å². The summed E-state index contributed by atoms with van der Waals surface area (Å²) in [6.45, 7) is 0.686. The third-order valence-electron chi connectivity index (χ3n) is 3.50. The zero-order chi connectivity index (χ0) is 15.7. The highest BCUT2D eigenvalue weighted by molar-refractivity contribution is 9.09. The predicted octanol–water partition coefficient (Wildman–Crippen LogP) is 3.50. The summed E-state index contributed by atoms with van der Waals surface area (Å²) in [4.78, 5) is -0.299. The lowest BCUT2D eigenvalue weighted by Crippen LogP contribution is -2.40. The molecule has 0 aromatic heterocycles. The van der Waals surface area contributed by atoms with Crippen molar-refractivity contribution in [1.82, 2.24) is 4.31 Å². The molecular weight excluding hydrogens is 371 g/mol. The van der Waals surface area contributed by atoms with Crippen LogP contribution in [0.3, 0.4) is 0 Å². The van der Waals surface area contributed by atoms with E-state index in [1.165, 1.54) is 10.4 Å². The monoisotopic (exact) mass is 385 g/mol. The molecule has 1 heterocycles. The Morgan fingerprint density at radius 3 is 2.67 bits per heavy atom. The summed E-state index contributed by atoms with van der Waals surface area (Å²) >= 11 is 3.33. The number of piperidine rings is 1. The molecule has 0 N–H and O–H groups in total. The summed E-state index contributed by atoms with van der Waals surface area (Å²) in [5.41, 5.74) is -0.947. The van der Waals surface area contributed by atoms with Crippen molar-refractivity contribution in [3.05, 3.63) is 29.8 Å². The molecule has 0 saturated carbocycles. The third kappa shape index (κ3) is 3.78. The van der Waals surface area contributed by atoms with Gasteiger partial charge >= 0.3 is 6.18 Å². The van der Waals surface area contributed by atoms with Crippen molar-refractivity contribution < 1.29 is 21.6 Å². The quantitative estimate of drug-likeness (QED) is 0.746. The Balaban J connectivity index is 2.31. The summed E-state index contributed by atoms with van der Waals surface area (Å²) < 4.78 is 64.3. The van der Waals surface area contributed by atoms with Gasteiger partial charge in [0.05, 0.1) is 10.5 Å². The lowest BCUT2D eigenvalue weighted by molar-refractivity contribution is -0.137. The Morgan fingerprint density at radius 2 is 2.05 bits per heavy atom. The zero-order valence-corrected chi connectivity index (χ0v) is 13.5. The Kier molecular flexibility index (Phi) is 4.99. The van der Waals surface area contributed by atoms with E-state index >= 15 is 0 Å². The first-order valence-corrected chi connectivity index (χ1v) is 9.04. The topological polar surface area (TPSA) is 37.4 Å². The van der Waals surface area contributed by atoms with Crippen LogP contribution in [0.1, 0.15) is 18.4 Å². The summed E-state index contributed by atoms with van der Waals surface area (Å²) in [7, 11) is -3.88. The Morgan fingerprint density at radius 1 is 1.33 bits per heavy atom. The number of hydrogen-bond donors (Lipinski definition) is 0. The molecule has 1 aromatic carbocycles. The molecule has 1 aromatic rings. The fraction of sp³-hybridized carbons (Fsp3) is 0.538. The van der Waals surface area contributed by atoms with Crippen LogP contribution in [0.2, 0.25) is 0 Å². The molecule has 0 bridgehead atoms. The highest BCUT2D eigenvalue weighted by Crippen LogP contribution is 2.32. The van der Waals surface area contributed by atoms with E-state index in [4.69, 9.17) is 0 Å². The number of hydrogen-bond acceptors (Lipinski definition) is 2. The first kappa shape index (κ1) is 16.8. The standard InChI is InChI=1S/C13H15BrF3NO2S/c14-8-10-3-2-6-18(9-10)21(19,20)12-5-1-4-11(7-12)13(15,16)17/h1,4-5,7,10H,2-3,6,8-9H2. The minimum absolute atomic E-state index is 0.194. The lowest BCUT2D eigenvalue weighted by atomic mass is 10.0. The van der Waals surface area contributed by atoms with Crippen molar-refractivity contribution in [2.24, 2.45) is 5.92 Å². The first-order chi connectivity index (χ1) is 9.75. The van der Waals surface area contributed by atoms with Gasteiger partial charge in [0.25, 0.3) is 0 Å². The second-order valence-electron chi connectivity index (χ2n) is 5.05. The van der Waals surface area contributed by atoms with E-state index in [1.54, 1.807) is 0 Å². The number of alkyl halides is 4. The SMILES string of the molecule is O=S(=O)(c1cccc(C(F)(F)F)c1)N1CCCC(CBr)C1. The smallest absolute Gasteiger partial charge is 0.207 e. The van der Waals surface area contributed by atoms with Gasteiger partial charge in [-0.15, -0.1) is 0 Å². The van der Waals surface area contributed by atoms with E-state index in [0.717, 1.165) is 18.6 Å². The molecule has 1 aliphatic rings. The van der Waals surface area contributed by atoms with Gasteiger partial charge in [-0.3, -0.25) is 0 Å². The van der Waals surface area contributed by atoms with Gasteiger partial charge in [-0.2, -0.15) is 17.5 Å². The van der Waals surface area contributed by atoms with E-state index in [-0.39, 0.29) is 10.8 Å².